The number of halogens is 1. The molecule has 0 atom stereocenters. The van der Waals surface area contributed by atoms with Crippen LogP contribution in [-0.2, 0) is 16.1 Å². The van der Waals surface area contributed by atoms with Gasteiger partial charge >= 0.3 is 5.97 Å². The number of hydrogen-bond acceptors (Lipinski definition) is 5. The van der Waals surface area contributed by atoms with Crippen LogP contribution in [0.4, 0.5) is 0 Å². The summed E-state index contributed by atoms with van der Waals surface area (Å²) >= 11 is 4.93. The molecule has 0 saturated heterocycles. The number of carbonyl (C=O) groups is 1. The van der Waals surface area contributed by atoms with Gasteiger partial charge in [0.05, 0.1) is 4.47 Å². The maximum Gasteiger partial charge on any atom is 0.372 e. The SMILES string of the molecule is Cc1ccc(OCC(=O)ON=C(N)Cc2cccs2)c(Br)c1. The molecule has 2 rings (SSSR count). The quantitative estimate of drug-likeness (QED) is 0.360. The summed E-state index contributed by atoms with van der Waals surface area (Å²) in [6.07, 6.45) is 0.454. The van der Waals surface area contributed by atoms with Crippen molar-refractivity contribution >= 4 is 39.1 Å². The highest BCUT2D eigenvalue weighted by molar-refractivity contribution is 9.10. The first kappa shape index (κ1) is 16.5. The van der Waals surface area contributed by atoms with Crippen LogP contribution >= 0.6 is 27.3 Å². The molecule has 0 aliphatic rings. The number of benzene rings is 1. The van der Waals surface area contributed by atoms with Gasteiger partial charge in [-0.05, 0) is 52.0 Å². The second kappa shape index (κ2) is 7.95. The molecule has 2 N–H and O–H groups in total. The zero-order chi connectivity index (χ0) is 15.9. The molecule has 0 bridgehead atoms. The lowest BCUT2D eigenvalue weighted by molar-refractivity contribution is -0.146. The van der Waals surface area contributed by atoms with Crippen LogP contribution in [0.5, 0.6) is 5.75 Å². The Morgan fingerprint density at radius 2 is 2.23 bits per heavy atom. The minimum atomic E-state index is -0.610. The lowest BCUT2D eigenvalue weighted by Gasteiger charge is -2.07. The highest BCUT2D eigenvalue weighted by atomic mass is 79.9. The number of amidine groups is 1. The summed E-state index contributed by atoms with van der Waals surface area (Å²) in [5.41, 5.74) is 6.78. The van der Waals surface area contributed by atoms with Gasteiger partial charge in [-0.15, -0.1) is 11.3 Å². The van der Waals surface area contributed by atoms with Crippen molar-refractivity contribution in [1.29, 1.82) is 0 Å². The fourth-order valence-corrected chi connectivity index (χ4v) is 2.95. The molecule has 0 aliphatic heterocycles. The molecule has 0 saturated carbocycles. The Morgan fingerprint density at radius 1 is 1.41 bits per heavy atom. The standard InChI is InChI=1S/C15H15BrN2O3S/c1-10-4-5-13(12(16)7-10)20-9-15(19)21-18-14(17)8-11-3-2-6-22-11/h2-7H,8-9H2,1H3,(H2,17,18). The van der Waals surface area contributed by atoms with Gasteiger partial charge in [-0.3, -0.25) is 0 Å². The lowest BCUT2D eigenvalue weighted by Crippen LogP contribution is -2.18. The van der Waals surface area contributed by atoms with Crippen molar-refractivity contribution in [2.75, 3.05) is 6.61 Å². The number of aryl methyl sites for hydroxylation is 1. The van der Waals surface area contributed by atoms with Crippen molar-refractivity contribution in [3.63, 3.8) is 0 Å². The van der Waals surface area contributed by atoms with Crippen LogP contribution in [0.3, 0.4) is 0 Å². The van der Waals surface area contributed by atoms with Crippen LogP contribution in [0, 0.1) is 6.92 Å². The fourth-order valence-electron chi connectivity index (χ4n) is 1.62. The summed E-state index contributed by atoms with van der Waals surface area (Å²) in [5.74, 6) is 0.201. The highest BCUT2D eigenvalue weighted by Crippen LogP contribution is 2.25. The summed E-state index contributed by atoms with van der Waals surface area (Å²) in [6.45, 7) is 1.73. The van der Waals surface area contributed by atoms with Gasteiger partial charge in [0, 0.05) is 11.3 Å². The first-order valence-corrected chi connectivity index (χ1v) is 8.15. The number of nitrogens with two attached hydrogens (primary N) is 1. The minimum absolute atomic E-state index is 0.239. The molecule has 116 valence electrons. The van der Waals surface area contributed by atoms with E-state index in [9.17, 15) is 4.79 Å². The van der Waals surface area contributed by atoms with E-state index in [1.54, 1.807) is 17.4 Å². The van der Waals surface area contributed by atoms with Crippen molar-refractivity contribution in [3.8, 4) is 5.75 Å². The molecule has 1 aromatic carbocycles. The molecular weight excluding hydrogens is 368 g/mol. The summed E-state index contributed by atoms with van der Waals surface area (Å²) in [6, 6.07) is 9.43. The van der Waals surface area contributed by atoms with Crippen LogP contribution in [0.25, 0.3) is 0 Å². The second-order valence-corrected chi connectivity index (χ2v) is 6.41. The number of oxime groups is 1. The first-order chi connectivity index (χ1) is 10.5. The van der Waals surface area contributed by atoms with Crippen LogP contribution in [0.15, 0.2) is 45.3 Å². The Hall–Kier alpha value is -1.86. The van der Waals surface area contributed by atoms with E-state index in [1.807, 2.05) is 36.6 Å². The van der Waals surface area contributed by atoms with Gasteiger partial charge in [0.25, 0.3) is 0 Å². The second-order valence-electron chi connectivity index (χ2n) is 4.52. The summed E-state index contributed by atoms with van der Waals surface area (Å²) < 4.78 is 6.14. The van der Waals surface area contributed by atoms with Crippen LogP contribution in [-0.4, -0.2) is 18.4 Å². The third-order valence-corrected chi connectivity index (χ3v) is 4.13. The van der Waals surface area contributed by atoms with Crippen molar-refractivity contribution in [3.05, 3.63) is 50.6 Å². The third kappa shape index (κ3) is 5.16. The predicted molar refractivity (Wildman–Crippen MR) is 90.1 cm³/mol. The van der Waals surface area contributed by atoms with E-state index in [2.05, 4.69) is 21.1 Å². The molecule has 7 heteroatoms. The van der Waals surface area contributed by atoms with E-state index in [1.165, 1.54) is 0 Å². The van der Waals surface area contributed by atoms with E-state index in [-0.39, 0.29) is 12.4 Å². The molecule has 2 aromatic rings. The average Bonchev–Trinajstić information content (AvgIpc) is 2.97. The van der Waals surface area contributed by atoms with E-state index in [4.69, 9.17) is 15.3 Å². The van der Waals surface area contributed by atoms with Gasteiger partial charge in [-0.25, -0.2) is 4.79 Å². The zero-order valence-electron chi connectivity index (χ0n) is 11.9. The normalized spacial score (nSPS) is 11.3. The Labute approximate surface area is 140 Å². The molecular formula is C15H15BrN2O3S. The molecule has 0 radical (unpaired) electrons. The summed E-state index contributed by atoms with van der Waals surface area (Å²) in [4.78, 5) is 17.4. The number of hydrogen-bond donors (Lipinski definition) is 1. The smallest absolute Gasteiger partial charge is 0.372 e. The molecule has 22 heavy (non-hydrogen) atoms. The lowest BCUT2D eigenvalue weighted by atomic mass is 10.2. The molecule has 1 aromatic heterocycles. The van der Waals surface area contributed by atoms with Crippen LogP contribution in [0.2, 0.25) is 0 Å². The molecule has 0 amide bonds. The Morgan fingerprint density at radius 3 is 2.91 bits per heavy atom. The Balaban J connectivity index is 1.80. The summed E-state index contributed by atoms with van der Waals surface area (Å²) in [7, 11) is 0. The van der Waals surface area contributed by atoms with Gasteiger partial charge in [0.15, 0.2) is 6.61 Å². The van der Waals surface area contributed by atoms with Gasteiger partial charge in [0.2, 0.25) is 0 Å². The molecule has 0 aliphatic carbocycles. The summed E-state index contributed by atoms with van der Waals surface area (Å²) in [5, 5.41) is 5.55. The third-order valence-electron chi connectivity index (χ3n) is 2.63. The number of rotatable bonds is 6. The van der Waals surface area contributed by atoms with Crippen molar-refractivity contribution in [1.82, 2.24) is 0 Å². The first-order valence-electron chi connectivity index (χ1n) is 6.48. The average molecular weight is 383 g/mol. The van der Waals surface area contributed by atoms with E-state index < -0.39 is 5.97 Å². The Bertz CT molecular complexity index is 671. The molecule has 0 spiro atoms. The minimum Gasteiger partial charge on any atom is -0.481 e. The number of thiophene rings is 1. The number of carbonyl (C=O) groups excluding carboxylic acids is 1. The maximum absolute atomic E-state index is 11.6. The van der Waals surface area contributed by atoms with Crippen LogP contribution < -0.4 is 10.5 Å². The fraction of sp³-hybridized carbons (Fsp3) is 0.200. The molecule has 5 nitrogen and oxygen atoms in total. The van der Waals surface area contributed by atoms with Gasteiger partial charge in [0.1, 0.15) is 11.6 Å². The monoisotopic (exact) mass is 382 g/mol. The van der Waals surface area contributed by atoms with Crippen molar-refractivity contribution in [2.45, 2.75) is 13.3 Å². The van der Waals surface area contributed by atoms with Gasteiger partial charge < -0.3 is 15.3 Å². The van der Waals surface area contributed by atoms with Crippen molar-refractivity contribution in [2.24, 2.45) is 10.9 Å². The molecule has 1 heterocycles. The topological polar surface area (TPSA) is 73.9 Å². The van der Waals surface area contributed by atoms with Crippen LogP contribution in [0.1, 0.15) is 10.4 Å². The molecule has 0 unspecified atom stereocenters. The van der Waals surface area contributed by atoms with Crippen molar-refractivity contribution < 1.29 is 14.4 Å². The zero-order valence-corrected chi connectivity index (χ0v) is 14.3. The maximum atomic E-state index is 11.6. The predicted octanol–water partition coefficient (Wildman–Crippen LogP) is 3.26. The van der Waals surface area contributed by atoms with Gasteiger partial charge in [-0.2, -0.15) is 0 Å². The van der Waals surface area contributed by atoms with Gasteiger partial charge in [-0.1, -0.05) is 17.3 Å². The largest absolute Gasteiger partial charge is 0.481 e. The van der Waals surface area contributed by atoms with E-state index >= 15 is 0 Å². The van der Waals surface area contributed by atoms with E-state index in [0.29, 0.717) is 12.2 Å². The highest BCUT2D eigenvalue weighted by Gasteiger charge is 2.08. The number of nitrogens with zero attached hydrogens (tertiary/aromatic N) is 1. The number of ether oxygens (including phenoxy) is 1. The van der Waals surface area contributed by atoms with E-state index in [0.717, 1.165) is 14.9 Å². The molecule has 0 fully saturated rings. The Kier molecular flexibility index (Phi) is 5.97.